The van der Waals surface area contributed by atoms with Gasteiger partial charge in [0, 0.05) is 56.4 Å². The van der Waals surface area contributed by atoms with Crippen LogP contribution >= 0.6 is 11.6 Å². The molecule has 0 N–H and O–H groups in total. The number of carbonyl (C=O) groups is 2. The van der Waals surface area contributed by atoms with Gasteiger partial charge in [0.2, 0.25) is 11.8 Å². The van der Waals surface area contributed by atoms with E-state index in [0.717, 1.165) is 18.4 Å². The molecule has 2 aliphatic rings. The van der Waals surface area contributed by atoms with E-state index >= 15 is 0 Å². The number of carbonyl (C=O) groups excluding carboxylic acids is 2. The van der Waals surface area contributed by atoms with Crippen LogP contribution in [-0.2, 0) is 22.6 Å². The molecular formula is C25H29ClFN3O2. The van der Waals surface area contributed by atoms with E-state index in [-0.39, 0.29) is 23.5 Å². The molecule has 0 radical (unpaired) electrons. The molecule has 0 aliphatic carbocycles. The van der Waals surface area contributed by atoms with Crippen LogP contribution in [0, 0.1) is 11.7 Å². The van der Waals surface area contributed by atoms with E-state index in [1.165, 1.54) is 6.07 Å². The predicted molar refractivity (Wildman–Crippen MR) is 123 cm³/mol. The van der Waals surface area contributed by atoms with Gasteiger partial charge in [0.25, 0.3) is 0 Å². The molecular weight excluding hydrogens is 429 g/mol. The van der Waals surface area contributed by atoms with Crippen LogP contribution in [0.4, 0.5) is 4.39 Å². The van der Waals surface area contributed by atoms with Crippen molar-refractivity contribution in [3.05, 3.63) is 70.5 Å². The molecule has 170 valence electrons. The van der Waals surface area contributed by atoms with Crippen molar-refractivity contribution < 1.29 is 14.0 Å². The van der Waals surface area contributed by atoms with Crippen LogP contribution in [0.2, 0.25) is 5.02 Å². The van der Waals surface area contributed by atoms with Gasteiger partial charge in [0.05, 0.1) is 12.3 Å². The molecule has 1 unspecified atom stereocenters. The molecule has 7 heteroatoms. The molecule has 0 spiro atoms. The third-order valence-corrected chi connectivity index (χ3v) is 6.80. The lowest BCUT2D eigenvalue weighted by Gasteiger charge is -2.39. The Hall–Kier alpha value is -2.44. The van der Waals surface area contributed by atoms with Crippen molar-refractivity contribution in [2.24, 2.45) is 5.92 Å². The highest BCUT2D eigenvalue weighted by Gasteiger charge is 2.32. The smallest absolute Gasteiger partial charge is 0.227 e. The van der Waals surface area contributed by atoms with Crippen molar-refractivity contribution in [3.63, 3.8) is 0 Å². The molecule has 5 nitrogen and oxygen atoms in total. The number of rotatable bonds is 5. The summed E-state index contributed by atoms with van der Waals surface area (Å²) in [6.45, 7) is 4.24. The van der Waals surface area contributed by atoms with Crippen molar-refractivity contribution in [1.29, 1.82) is 0 Å². The van der Waals surface area contributed by atoms with Crippen molar-refractivity contribution in [2.45, 2.75) is 25.8 Å². The third kappa shape index (κ3) is 5.48. The molecule has 2 aliphatic heterocycles. The minimum atomic E-state index is -0.293. The zero-order valence-corrected chi connectivity index (χ0v) is 18.9. The van der Waals surface area contributed by atoms with Gasteiger partial charge in [-0.15, -0.1) is 0 Å². The van der Waals surface area contributed by atoms with Gasteiger partial charge < -0.3 is 9.80 Å². The summed E-state index contributed by atoms with van der Waals surface area (Å²) in [6, 6.07) is 14.5. The first-order valence-corrected chi connectivity index (χ1v) is 11.6. The summed E-state index contributed by atoms with van der Waals surface area (Å²) in [5.41, 5.74) is 1.51. The number of likely N-dealkylation sites (tertiary alicyclic amines) is 1. The molecule has 0 bridgehead atoms. The number of halogens is 2. The molecule has 2 aromatic carbocycles. The first-order valence-electron chi connectivity index (χ1n) is 11.3. The molecule has 2 heterocycles. The fraction of sp³-hybridized carbons (Fsp3) is 0.440. The molecule has 2 amide bonds. The molecule has 32 heavy (non-hydrogen) atoms. The fourth-order valence-corrected chi connectivity index (χ4v) is 4.80. The Morgan fingerprint density at radius 1 is 0.938 bits per heavy atom. The maximum absolute atomic E-state index is 14.1. The van der Waals surface area contributed by atoms with E-state index < -0.39 is 0 Å². The number of amides is 2. The van der Waals surface area contributed by atoms with Gasteiger partial charge in [0.1, 0.15) is 5.82 Å². The maximum atomic E-state index is 14.1. The topological polar surface area (TPSA) is 43.9 Å². The van der Waals surface area contributed by atoms with E-state index in [1.807, 2.05) is 40.1 Å². The summed E-state index contributed by atoms with van der Waals surface area (Å²) in [6.07, 6.45) is 2.04. The summed E-state index contributed by atoms with van der Waals surface area (Å²) in [5.74, 6) is -0.222. The Bertz CT molecular complexity index is 927. The molecule has 0 aromatic heterocycles. The highest BCUT2D eigenvalue weighted by atomic mass is 35.5. The van der Waals surface area contributed by atoms with Gasteiger partial charge in [-0.2, -0.15) is 0 Å². The van der Waals surface area contributed by atoms with Crippen LogP contribution < -0.4 is 0 Å². The summed E-state index contributed by atoms with van der Waals surface area (Å²) in [4.78, 5) is 31.7. The molecule has 2 fully saturated rings. The third-order valence-electron chi connectivity index (χ3n) is 6.45. The van der Waals surface area contributed by atoms with Crippen LogP contribution in [0.5, 0.6) is 0 Å². The minimum Gasteiger partial charge on any atom is -0.342 e. The van der Waals surface area contributed by atoms with E-state index in [4.69, 9.17) is 11.6 Å². The Morgan fingerprint density at radius 2 is 1.69 bits per heavy atom. The van der Waals surface area contributed by atoms with Crippen molar-refractivity contribution in [1.82, 2.24) is 14.7 Å². The highest BCUT2D eigenvalue weighted by Crippen LogP contribution is 2.23. The zero-order chi connectivity index (χ0) is 22.5. The number of nitrogens with zero attached hydrogens (tertiary/aromatic N) is 3. The Labute approximate surface area is 193 Å². The van der Waals surface area contributed by atoms with E-state index in [0.29, 0.717) is 62.8 Å². The SMILES string of the molecule is O=C(Cc1ccccc1)N1CCCC(C(=O)N2CCN(Cc3c(F)cccc3Cl)CC2)C1. The number of benzene rings is 2. The quantitative estimate of drug-likeness (QED) is 0.689. The number of hydrogen-bond donors (Lipinski definition) is 0. The molecule has 2 aromatic rings. The van der Waals surface area contributed by atoms with Gasteiger partial charge in [-0.25, -0.2) is 4.39 Å². The Morgan fingerprint density at radius 3 is 2.41 bits per heavy atom. The van der Waals surface area contributed by atoms with Crippen LogP contribution in [0.1, 0.15) is 24.0 Å². The van der Waals surface area contributed by atoms with Crippen LogP contribution in [0.25, 0.3) is 0 Å². The van der Waals surface area contributed by atoms with Crippen molar-refractivity contribution in [2.75, 3.05) is 39.3 Å². The molecule has 0 saturated carbocycles. The van der Waals surface area contributed by atoms with E-state index in [1.54, 1.807) is 12.1 Å². The molecule has 2 saturated heterocycles. The van der Waals surface area contributed by atoms with Gasteiger partial charge in [-0.3, -0.25) is 14.5 Å². The van der Waals surface area contributed by atoms with Gasteiger partial charge in [-0.1, -0.05) is 48.0 Å². The lowest BCUT2D eigenvalue weighted by molar-refractivity contribution is -0.142. The molecule has 4 rings (SSSR count). The second-order valence-corrected chi connectivity index (χ2v) is 9.05. The van der Waals surface area contributed by atoms with E-state index in [2.05, 4.69) is 4.90 Å². The normalized spacial score (nSPS) is 19.8. The maximum Gasteiger partial charge on any atom is 0.227 e. The zero-order valence-electron chi connectivity index (χ0n) is 18.2. The van der Waals surface area contributed by atoms with Crippen molar-refractivity contribution >= 4 is 23.4 Å². The molecule has 1 atom stereocenters. The standard InChI is InChI=1S/C25H29ClFN3O2/c26-22-9-4-10-23(27)21(22)18-28-12-14-29(15-13-28)25(32)20-8-5-11-30(17-20)24(31)16-19-6-2-1-3-7-19/h1-4,6-7,9-10,20H,5,8,11-18H2. The summed E-state index contributed by atoms with van der Waals surface area (Å²) in [7, 11) is 0. The minimum absolute atomic E-state index is 0.0836. The number of piperidine rings is 1. The highest BCUT2D eigenvalue weighted by molar-refractivity contribution is 6.31. The number of piperazine rings is 1. The fourth-order valence-electron chi connectivity index (χ4n) is 4.58. The lowest BCUT2D eigenvalue weighted by atomic mass is 9.95. The second-order valence-electron chi connectivity index (χ2n) is 8.64. The predicted octanol–water partition coefficient (Wildman–Crippen LogP) is 3.60. The van der Waals surface area contributed by atoms with Crippen LogP contribution in [0.3, 0.4) is 0 Å². The summed E-state index contributed by atoms with van der Waals surface area (Å²) < 4.78 is 14.1. The average molecular weight is 458 g/mol. The van der Waals surface area contributed by atoms with Gasteiger partial charge in [0.15, 0.2) is 0 Å². The first-order chi connectivity index (χ1) is 15.5. The summed E-state index contributed by atoms with van der Waals surface area (Å²) >= 11 is 6.16. The van der Waals surface area contributed by atoms with Crippen LogP contribution in [0.15, 0.2) is 48.5 Å². The Balaban J connectivity index is 1.28. The average Bonchev–Trinajstić information content (AvgIpc) is 2.82. The number of hydrogen-bond acceptors (Lipinski definition) is 3. The van der Waals surface area contributed by atoms with Gasteiger partial charge >= 0.3 is 0 Å². The lowest BCUT2D eigenvalue weighted by Crippen LogP contribution is -2.53. The summed E-state index contributed by atoms with van der Waals surface area (Å²) in [5, 5.41) is 0.436. The first kappa shape index (κ1) is 22.7. The Kier molecular flexibility index (Phi) is 7.43. The van der Waals surface area contributed by atoms with E-state index in [9.17, 15) is 14.0 Å². The largest absolute Gasteiger partial charge is 0.342 e. The van der Waals surface area contributed by atoms with Crippen molar-refractivity contribution in [3.8, 4) is 0 Å². The van der Waals surface area contributed by atoms with Gasteiger partial charge in [-0.05, 0) is 30.5 Å². The van der Waals surface area contributed by atoms with Crippen LogP contribution in [-0.4, -0.2) is 65.8 Å². The second kappa shape index (κ2) is 10.5. The monoisotopic (exact) mass is 457 g/mol.